The minimum absolute atomic E-state index is 0.00683. The van der Waals surface area contributed by atoms with Crippen LogP contribution < -0.4 is 9.64 Å². The number of carbonyl (C=O) groups is 1. The molecule has 0 radical (unpaired) electrons. The standard InChI is InChI=1S/C18H24N4O2/c1-21(2)16-15(6-5-10-20-16)24-14-7-11-22(12-14)17(23)18(13-19)8-3-4-9-18/h5-6,10,14H,3-4,7-9,11-12H2,1-2H3. The van der Waals surface area contributed by atoms with E-state index in [9.17, 15) is 10.1 Å². The Morgan fingerprint density at radius 1 is 1.46 bits per heavy atom. The summed E-state index contributed by atoms with van der Waals surface area (Å²) in [5.41, 5.74) is -0.794. The molecule has 6 nitrogen and oxygen atoms in total. The second-order valence-corrected chi connectivity index (χ2v) is 6.90. The highest BCUT2D eigenvalue weighted by Gasteiger charge is 2.45. The first-order valence-electron chi connectivity index (χ1n) is 8.55. The number of aromatic nitrogens is 1. The Kier molecular flexibility index (Phi) is 4.61. The van der Waals surface area contributed by atoms with Crippen molar-refractivity contribution in [1.82, 2.24) is 9.88 Å². The van der Waals surface area contributed by atoms with Crippen LogP contribution in [-0.4, -0.2) is 49.1 Å². The number of nitrogens with zero attached hydrogens (tertiary/aromatic N) is 4. The smallest absolute Gasteiger partial charge is 0.243 e. The lowest BCUT2D eigenvalue weighted by Gasteiger charge is -2.26. The fourth-order valence-corrected chi connectivity index (χ4v) is 3.65. The molecule has 6 heteroatoms. The maximum atomic E-state index is 12.8. The molecule has 1 atom stereocenters. The molecule has 1 saturated heterocycles. The summed E-state index contributed by atoms with van der Waals surface area (Å²) in [6.45, 7) is 1.20. The molecule has 1 amide bonds. The summed E-state index contributed by atoms with van der Waals surface area (Å²) >= 11 is 0. The fourth-order valence-electron chi connectivity index (χ4n) is 3.65. The zero-order chi connectivity index (χ0) is 17.2. The number of amides is 1. The van der Waals surface area contributed by atoms with Crippen molar-refractivity contribution in [1.29, 1.82) is 5.26 Å². The molecule has 1 aromatic heterocycles. The van der Waals surface area contributed by atoms with Crippen LogP contribution in [0, 0.1) is 16.7 Å². The Morgan fingerprint density at radius 3 is 2.88 bits per heavy atom. The molecule has 1 aromatic rings. The van der Waals surface area contributed by atoms with E-state index in [0.29, 0.717) is 25.9 Å². The maximum absolute atomic E-state index is 12.8. The quantitative estimate of drug-likeness (QED) is 0.847. The van der Waals surface area contributed by atoms with E-state index in [2.05, 4.69) is 11.1 Å². The zero-order valence-corrected chi connectivity index (χ0v) is 14.4. The number of ether oxygens (including phenoxy) is 1. The second-order valence-electron chi connectivity index (χ2n) is 6.90. The number of carbonyl (C=O) groups excluding carboxylic acids is 1. The van der Waals surface area contributed by atoms with Gasteiger partial charge in [0.15, 0.2) is 11.6 Å². The number of nitriles is 1. The molecule has 0 aromatic carbocycles. The number of hydrogen-bond acceptors (Lipinski definition) is 5. The molecule has 3 rings (SSSR count). The second kappa shape index (κ2) is 6.68. The molecule has 2 aliphatic rings. The third-order valence-corrected chi connectivity index (χ3v) is 4.98. The molecule has 0 spiro atoms. The van der Waals surface area contributed by atoms with Gasteiger partial charge in [-0.3, -0.25) is 4.79 Å². The molecule has 2 fully saturated rings. The molecule has 1 aliphatic carbocycles. The number of likely N-dealkylation sites (tertiary alicyclic amines) is 1. The van der Waals surface area contributed by atoms with Gasteiger partial charge in [0.1, 0.15) is 11.5 Å². The van der Waals surface area contributed by atoms with E-state index < -0.39 is 5.41 Å². The minimum Gasteiger partial charge on any atom is -0.485 e. The highest BCUT2D eigenvalue weighted by atomic mass is 16.5. The van der Waals surface area contributed by atoms with Crippen molar-refractivity contribution in [2.45, 2.75) is 38.2 Å². The normalized spacial score (nSPS) is 22.2. The van der Waals surface area contributed by atoms with Gasteiger partial charge in [-0.2, -0.15) is 5.26 Å². The van der Waals surface area contributed by atoms with Crippen molar-refractivity contribution in [2.24, 2.45) is 5.41 Å². The number of pyridine rings is 1. The van der Waals surface area contributed by atoms with E-state index in [1.165, 1.54) is 0 Å². The first-order valence-corrected chi connectivity index (χ1v) is 8.55. The zero-order valence-electron chi connectivity index (χ0n) is 14.4. The minimum atomic E-state index is -0.794. The van der Waals surface area contributed by atoms with Crippen molar-refractivity contribution in [3.63, 3.8) is 0 Å². The first-order chi connectivity index (χ1) is 11.6. The summed E-state index contributed by atoms with van der Waals surface area (Å²) in [5, 5.41) is 9.50. The topological polar surface area (TPSA) is 69.5 Å². The van der Waals surface area contributed by atoms with Crippen molar-refractivity contribution in [3.05, 3.63) is 18.3 Å². The van der Waals surface area contributed by atoms with E-state index in [-0.39, 0.29) is 12.0 Å². The first kappa shape index (κ1) is 16.6. The van der Waals surface area contributed by atoms with E-state index in [1.54, 1.807) is 6.20 Å². The van der Waals surface area contributed by atoms with E-state index in [0.717, 1.165) is 30.8 Å². The van der Waals surface area contributed by atoms with Crippen LogP contribution in [0.4, 0.5) is 5.82 Å². The van der Waals surface area contributed by atoms with Gasteiger partial charge in [0, 0.05) is 33.3 Å². The Labute approximate surface area is 143 Å². The highest BCUT2D eigenvalue weighted by molar-refractivity contribution is 5.86. The molecule has 0 N–H and O–H groups in total. The van der Waals surface area contributed by atoms with Crippen LogP contribution in [0.1, 0.15) is 32.1 Å². The van der Waals surface area contributed by atoms with E-state index in [4.69, 9.17) is 4.74 Å². The Hall–Kier alpha value is -2.29. The lowest BCUT2D eigenvalue weighted by atomic mass is 9.86. The molecule has 2 heterocycles. The fraction of sp³-hybridized carbons (Fsp3) is 0.611. The van der Waals surface area contributed by atoms with E-state index >= 15 is 0 Å². The molecule has 0 bridgehead atoms. The molecule has 24 heavy (non-hydrogen) atoms. The number of rotatable bonds is 4. The van der Waals surface area contributed by atoms with E-state index in [1.807, 2.05) is 36.0 Å². The summed E-state index contributed by atoms with van der Waals surface area (Å²) in [5.74, 6) is 1.51. The summed E-state index contributed by atoms with van der Waals surface area (Å²) in [4.78, 5) is 20.9. The third kappa shape index (κ3) is 3.03. The largest absolute Gasteiger partial charge is 0.485 e. The van der Waals surface area contributed by atoms with Gasteiger partial charge in [-0.25, -0.2) is 4.98 Å². The van der Waals surface area contributed by atoms with Gasteiger partial charge in [-0.05, 0) is 25.0 Å². The van der Waals surface area contributed by atoms with Gasteiger partial charge >= 0.3 is 0 Å². The van der Waals surface area contributed by atoms with Crippen molar-refractivity contribution in [2.75, 3.05) is 32.1 Å². The van der Waals surface area contributed by atoms with Gasteiger partial charge in [-0.15, -0.1) is 0 Å². The number of anilines is 1. The monoisotopic (exact) mass is 328 g/mol. The predicted molar refractivity (Wildman–Crippen MR) is 90.7 cm³/mol. The summed E-state index contributed by atoms with van der Waals surface area (Å²) in [6, 6.07) is 6.05. The average molecular weight is 328 g/mol. The number of hydrogen-bond donors (Lipinski definition) is 0. The molecule has 1 aliphatic heterocycles. The van der Waals surface area contributed by atoms with Crippen LogP contribution in [0.3, 0.4) is 0 Å². The van der Waals surface area contributed by atoms with Crippen molar-refractivity contribution < 1.29 is 9.53 Å². The Balaban J connectivity index is 1.66. The van der Waals surface area contributed by atoms with Crippen LogP contribution in [-0.2, 0) is 4.79 Å². The van der Waals surface area contributed by atoms with Crippen molar-refractivity contribution >= 4 is 11.7 Å². The SMILES string of the molecule is CN(C)c1ncccc1OC1CCN(C(=O)C2(C#N)CCCC2)C1. The van der Waals surface area contributed by atoms with Crippen LogP contribution >= 0.6 is 0 Å². The lowest BCUT2D eigenvalue weighted by Crippen LogP contribution is -2.41. The summed E-state index contributed by atoms with van der Waals surface area (Å²) < 4.78 is 6.10. The summed E-state index contributed by atoms with van der Waals surface area (Å²) in [6.07, 6.45) is 5.80. The molecular weight excluding hydrogens is 304 g/mol. The predicted octanol–water partition coefficient (Wildman–Crippen LogP) is 2.21. The third-order valence-electron chi connectivity index (χ3n) is 4.98. The van der Waals surface area contributed by atoms with Crippen LogP contribution in [0.2, 0.25) is 0 Å². The van der Waals surface area contributed by atoms with Gasteiger partial charge in [-0.1, -0.05) is 12.8 Å². The van der Waals surface area contributed by atoms with Crippen LogP contribution in [0.5, 0.6) is 5.75 Å². The Morgan fingerprint density at radius 2 is 2.21 bits per heavy atom. The highest BCUT2D eigenvalue weighted by Crippen LogP contribution is 2.40. The average Bonchev–Trinajstić information content (AvgIpc) is 3.24. The Bertz CT molecular complexity index is 647. The van der Waals surface area contributed by atoms with Crippen LogP contribution in [0.25, 0.3) is 0 Å². The molecule has 1 unspecified atom stereocenters. The van der Waals surface area contributed by atoms with Gasteiger partial charge in [0.05, 0.1) is 12.6 Å². The van der Waals surface area contributed by atoms with Crippen molar-refractivity contribution in [3.8, 4) is 11.8 Å². The van der Waals surface area contributed by atoms with Gasteiger partial charge in [0.25, 0.3) is 0 Å². The van der Waals surface area contributed by atoms with Gasteiger partial charge in [0.2, 0.25) is 5.91 Å². The lowest BCUT2D eigenvalue weighted by molar-refractivity contribution is -0.138. The van der Waals surface area contributed by atoms with Crippen LogP contribution in [0.15, 0.2) is 18.3 Å². The van der Waals surface area contributed by atoms with Gasteiger partial charge < -0.3 is 14.5 Å². The maximum Gasteiger partial charge on any atom is 0.243 e. The molecular formula is C18H24N4O2. The summed E-state index contributed by atoms with van der Waals surface area (Å²) in [7, 11) is 3.85. The molecule has 128 valence electrons. The molecule has 1 saturated carbocycles.